The molecular formula is C13H15NO3S. The molecule has 2 aliphatic rings. The van der Waals surface area contributed by atoms with E-state index in [1.165, 1.54) is 37.7 Å². The van der Waals surface area contributed by atoms with Gasteiger partial charge in [0.25, 0.3) is 0 Å². The molecule has 0 radical (unpaired) electrons. The standard InChI is InChI=1S/C13H15NO3S/c1-17-13(16)7-5-10(18-6-7)14-12(15)11-8-3-2-4-9(8)11/h5-6,8-9,11H,2-4H2,1H3,(H,14,15)/t8-,9-/m0/s1. The largest absolute Gasteiger partial charge is 0.465 e. The van der Waals surface area contributed by atoms with Crippen LogP contribution in [0, 0.1) is 17.8 Å². The molecule has 1 amide bonds. The van der Waals surface area contributed by atoms with Crippen LogP contribution in [0.4, 0.5) is 5.00 Å². The van der Waals surface area contributed by atoms with Crippen molar-refractivity contribution in [3.8, 4) is 0 Å². The minimum Gasteiger partial charge on any atom is -0.465 e. The Balaban J connectivity index is 1.61. The topological polar surface area (TPSA) is 55.4 Å². The van der Waals surface area contributed by atoms with Crippen molar-refractivity contribution in [2.45, 2.75) is 19.3 Å². The van der Waals surface area contributed by atoms with Crippen molar-refractivity contribution in [2.75, 3.05) is 12.4 Å². The van der Waals surface area contributed by atoms with Crippen LogP contribution in [0.25, 0.3) is 0 Å². The van der Waals surface area contributed by atoms with E-state index in [0.717, 1.165) is 5.00 Å². The fourth-order valence-electron chi connectivity index (χ4n) is 3.04. The second-order valence-electron chi connectivity index (χ2n) is 4.96. The Morgan fingerprint density at radius 1 is 1.39 bits per heavy atom. The van der Waals surface area contributed by atoms with Crippen LogP contribution in [0.5, 0.6) is 0 Å². The predicted molar refractivity (Wildman–Crippen MR) is 68.6 cm³/mol. The van der Waals surface area contributed by atoms with Crippen molar-refractivity contribution in [3.05, 3.63) is 17.0 Å². The molecule has 0 aromatic carbocycles. The Morgan fingerprint density at radius 3 is 2.78 bits per heavy atom. The summed E-state index contributed by atoms with van der Waals surface area (Å²) in [7, 11) is 1.35. The first-order valence-electron chi connectivity index (χ1n) is 6.18. The van der Waals surface area contributed by atoms with Crippen molar-refractivity contribution in [3.63, 3.8) is 0 Å². The molecule has 18 heavy (non-hydrogen) atoms. The first-order valence-corrected chi connectivity index (χ1v) is 7.06. The molecule has 1 aromatic rings. The molecule has 1 N–H and O–H groups in total. The Bertz CT molecular complexity index is 486. The maximum Gasteiger partial charge on any atom is 0.338 e. The third-order valence-corrected chi connectivity index (χ3v) is 4.82. The molecule has 2 saturated carbocycles. The maximum atomic E-state index is 12.0. The average molecular weight is 265 g/mol. The molecule has 96 valence electrons. The van der Waals surface area contributed by atoms with Crippen LogP contribution in [0.15, 0.2) is 11.4 Å². The van der Waals surface area contributed by atoms with E-state index in [-0.39, 0.29) is 17.8 Å². The van der Waals surface area contributed by atoms with Gasteiger partial charge in [0.05, 0.1) is 17.7 Å². The zero-order valence-electron chi connectivity index (χ0n) is 10.1. The molecule has 2 atom stereocenters. The van der Waals surface area contributed by atoms with Gasteiger partial charge in [-0.15, -0.1) is 11.3 Å². The smallest absolute Gasteiger partial charge is 0.338 e. The summed E-state index contributed by atoms with van der Waals surface area (Å²) in [6.07, 6.45) is 3.66. The summed E-state index contributed by atoms with van der Waals surface area (Å²) >= 11 is 1.36. The molecule has 1 aromatic heterocycles. The van der Waals surface area contributed by atoms with Crippen LogP contribution in [0.2, 0.25) is 0 Å². The van der Waals surface area contributed by atoms with Crippen LogP contribution in [0.3, 0.4) is 0 Å². The second kappa shape index (κ2) is 4.39. The predicted octanol–water partition coefficient (Wildman–Crippen LogP) is 2.52. The number of rotatable bonds is 3. The van der Waals surface area contributed by atoms with Crippen LogP contribution in [-0.2, 0) is 9.53 Å². The zero-order valence-corrected chi connectivity index (χ0v) is 11.0. The number of ether oxygens (including phenoxy) is 1. The number of amides is 1. The summed E-state index contributed by atoms with van der Waals surface area (Å²) in [5.41, 5.74) is 0.494. The molecule has 2 aliphatic carbocycles. The number of esters is 1. The summed E-state index contributed by atoms with van der Waals surface area (Å²) in [6, 6.07) is 1.67. The zero-order chi connectivity index (χ0) is 12.7. The lowest BCUT2D eigenvalue weighted by molar-refractivity contribution is -0.118. The molecule has 0 bridgehead atoms. The molecule has 2 fully saturated rings. The van der Waals surface area contributed by atoms with Gasteiger partial charge in [-0.2, -0.15) is 0 Å². The van der Waals surface area contributed by atoms with Crippen molar-refractivity contribution < 1.29 is 14.3 Å². The van der Waals surface area contributed by atoms with Crippen molar-refractivity contribution in [1.82, 2.24) is 0 Å². The molecule has 0 aliphatic heterocycles. The van der Waals surface area contributed by atoms with E-state index in [2.05, 4.69) is 10.1 Å². The number of thiophene rings is 1. The Kier molecular flexibility index (Phi) is 2.86. The Hall–Kier alpha value is -1.36. The molecular weight excluding hydrogens is 250 g/mol. The summed E-state index contributed by atoms with van der Waals surface area (Å²) in [5.74, 6) is 1.19. The Morgan fingerprint density at radius 2 is 2.11 bits per heavy atom. The number of methoxy groups -OCH3 is 1. The van der Waals surface area contributed by atoms with Gasteiger partial charge in [-0.3, -0.25) is 4.79 Å². The van der Waals surface area contributed by atoms with E-state index >= 15 is 0 Å². The summed E-state index contributed by atoms with van der Waals surface area (Å²) in [5, 5.41) is 5.33. The molecule has 4 nitrogen and oxygen atoms in total. The first-order chi connectivity index (χ1) is 8.70. The van der Waals surface area contributed by atoms with Gasteiger partial charge in [-0.25, -0.2) is 4.79 Å². The van der Waals surface area contributed by atoms with Crippen molar-refractivity contribution in [2.24, 2.45) is 17.8 Å². The third-order valence-electron chi connectivity index (χ3n) is 3.98. The lowest BCUT2D eigenvalue weighted by Crippen LogP contribution is -2.15. The molecule has 0 spiro atoms. The summed E-state index contributed by atoms with van der Waals surface area (Å²) < 4.78 is 4.63. The Labute approximate surface area is 109 Å². The van der Waals surface area contributed by atoms with E-state index in [1.54, 1.807) is 11.4 Å². The van der Waals surface area contributed by atoms with Gasteiger partial charge in [-0.1, -0.05) is 6.42 Å². The van der Waals surface area contributed by atoms with Crippen molar-refractivity contribution in [1.29, 1.82) is 0 Å². The fraction of sp³-hybridized carbons (Fsp3) is 0.538. The maximum absolute atomic E-state index is 12.0. The highest BCUT2D eigenvalue weighted by molar-refractivity contribution is 7.14. The minimum atomic E-state index is -0.366. The average Bonchev–Trinajstić information content (AvgIpc) is 2.76. The number of hydrogen-bond donors (Lipinski definition) is 1. The number of anilines is 1. The van der Waals surface area contributed by atoms with Crippen LogP contribution in [0.1, 0.15) is 29.6 Å². The van der Waals surface area contributed by atoms with E-state index in [0.29, 0.717) is 17.4 Å². The van der Waals surface area contributed by atoms with Gasteiger partial charge in [0, 0.05) is 11.3 Å². The molecule has 0 unspecified atom stereocenters. The highest BCUT2D eigenvalue weighted by Gasteiger charge is 2.56. The molecule has 3 rings (SSSR count). The van der Waals surface area contributed by atoms with Gasteiger partial charge in [0.15, 0.2) is 0 Å². The number of hydrogen-bond acceptors (Lipinski definition) is 4. The van der Waals surface area contributed by atoms with Gasteiger partial charge < -0.3 is 10.1 Å². The fourth-order valence-corrected chi connectivity index (χ4v) is 3.81. The lowest BCUT2D eigenvalue weighted by atomic mass is 10.1. The van der Waals surface area contributed by atoms with Crippen LogP contribution in [-0.4, -0.2) is 19.0 Å². The third kappa shape index (κ3) is 1.92. The van der Waals surface area contributed by atoms with Gasteiger partial charge in [0.2, 0.25) is 5.91 Å². The van der Waals surface area contributed by atoms with Crippen molar-refractivity contribution >= 4 is 28.2 Å². The van der Waals surface area contributed by atoms with Gasteiger partial charge in [-0.05, 0) is 30.7 Å². The number of fused-ring (bicyclic) bond motifs is 1. The van der Waals surface area contributed by atoms with Gasteiger partial charge in [0.1, 0.15) is 0 Å². The van der Waals surface area contributed by atoms with Gasteiger partial charge >= 0.3 is 5.97 Å². The second-order valence-corrected chi connectivity index (χ2v) is 5.88. The van der Waals surface area contributed by atoms with Crippen LogP contribution >= 0.6 is 11.3 Å². The minimum absolute atomic E-state index is 0.114. The SMILES string of the molecule is COC(=O)c1csc(NC(=O)C2[C@H]3CCC[C@H]23)c1. The summed E-state index contributed by atoms with van der Waals surface area (Å²) in [6.45, 7) is 0. The number of carbonyl (C=O) groups is 2. The highest BCUT2D eigenvalue weighted by atomic mass is 32.1. The van der Waals surface area contributed by atoms with E-state index < -0.39 is 0 Å². The molecule has 1 heterocycles. The lowest BCUT2D eigenvalue weighted by Gasteiger charge is -2.03. The van der Waals surface area contributed by atoms with Crippen LogP contribution < -0.4 is 5.32 Å². The monoisotopic (exact) mass is 265 g/mol. The number of carbonyl (C=O) groups excluding carboxylic acids is 2. The summed E-state index contributed by atoms with van der Waals surface area (Å²) in [4.78, 5) is 23.3. The highest BCUT2D eigenvalue weighted by Crippen LogP contribution is 2.57. The molecule has 0 saturated heterocycles. The first kappa shape index (κ1) is 11.7. The van der Waals surface area contributed by atoms with E-state index in [9.17, 15) is 9.59 Å². The normalized spacial score (nSPS) is 28.6. The number of nitrogens with one attached hydrogen (secondary N) is 1. The quantitative estimate of drug-likeness (QED) is 0.854. The van der Waals surface area contributed by atoms with E-state index in [1.807, 2.05) is 0 Å². The van der Waals surface area contributed by atoms with E-state index in [4.69, 9.17) is 0 Å². The molecule has 5 heteroatoms.